The Labute approximate surface area is 126 Å². The number of amides is 1. The second-order valence-electron chi connectivity index (χ2n) is 4.40. The van der Waals surface area contributed by atoms with Gasteiger partial charge in [0.25, 0.3) is 0 Å². The first-order valence-electron chi connectivity index (χ1n) is 6.34. The number of methoxy groups -OCH3 is 1. The van der Waals surface area contributed by atoms with Crippen LogP contribution >= 0.6 is 12.4 Å². The van der Waals surface area contributed by atoms with Gasteiger partial charge in [-0.15, -0.1) is 12.4 Å². The number of hydrogen-bond donors (Lipinski definition) is 3. The number of aryl methyl sites for hydroxylation is 1. The average molecular weight is 303 g/mol. The van der Waals surface area contributed by atoms with E-state index in [0.29, 0.717) is 13.2 Å². The lowest BCUT2D eigenvalue weighted by Crippen LogP contribution is -2.37. The number of nitrogens with one attached hydrogen (secondary N) is 2. The van der Waals surface area contributed by atoms with E-state index in [0.717, 1.165) is 11.1 Å². The number of carbonyl (C=O) groups excluding carboxylic acids is 1. The first kappa shape index (κ1) is 18.9. The third-order valence-corrected chi connectivity index (χ3v) is 2.72. The molecule has 5 nitrogen and oxygen atoms in total. The number of carbonyl (C=O) groups is 1. The minimum absolute atomic E-state index is 0. The predicted molar refractivity (Wildman–Crippen MR) is 81.1 cm³/mol. The van der Waals surface area contributed by atoms with Gasteiger partial charge in [0.05, 0.1) is 19.3 Å². The van der Waals surface area contributed by atoms with Gasteiger partial charge in [0.1, 0.15) is 0 Å². The zero-order valence-electron chi connectivity index (χ0n) is 11.9. The van der Waals surface area contributed by atoms with Crippen LogP contribution in [0.4, 0.5) is 0 Å². The van der Waals surface area contributed by atoms with E-state index >= 15 is 0 Å². The summed E-state index contributed by atoms with van der Waals surface area (Å²) in [6.45, 7) is 3.63. The van der Waals surface area contributed by atoms with E-state index in [1.165, 1.54) is 0 Å². The summed E-state index contributed by atoms with van der Waals surface area (Å²) in [5.74, 6) is -0.137. The Morgan fingerprint density at radius 3 is 2.60 bits per heavy atom. The van der Waals surface area contributed by atoms with Crippen LogP contribution in [0.3, 0.4) is 0 Å². The quantitative estimate of drug-likeness (QED) is 0.621. The fourth-order valence-electron chi connectivity index (χ4n) is 1.56. The summed E-state index contributed by atoms with van der Waals surface area (Å²) >= 11 is 0. The molecular formula is C14H23ClN2O3. The highest BCUT2D eigenvalue weighted by atomic mass is 35.5. The zero-order chi connectivity index (χ0) is 14.1. The minimum Gasteiger partial charge on any atom is -0.387 e. The number of rotatable bonds is 8. The van der Waals surface area contributed by atoms with E-state index < -0.39 is 6.10 Å². The molecule has 1 aromatic carbocycles. The summed E-state index contributed by atoms with van der Waals surface area (Å²) in [7, 11) is 1.61. The standard InChI is InChI=1S/C14H22N2O3.ClH/c1-11-3-5-12(6-4-11)13(17)9-16-14(18)10-15-7-8-19-2;/h3-6,13,15,17H,7-10H2,1-2H3,(H,16,18);1H. The fraction of sp³-hybridized carbons (Fsp3) is 0.500. The molecular weight excluding hydrogens is 280 g/mol. The summed E-state index contributed by atoms with van der Waals surface area (Å²) < 4.78 is 4.86. The topological polar surface area (TPSA) is 70.6 Å². The second kappa shape index (κ2) is 10.6. The Bertz CT molecular complexity index is 385. The van der Waals surface area contributed by atoms with E-state index in [1.807, 2.05) is 31.2 Å². The maximum absolute atomic E-state index is 11.5. The van der Waals surface area contributed by atoms with Crippen LogP contribution in [-0.4, -0.2) is 44.4 Å². The molecule has 0 saturated heterocycles. The van der Waals surface area contributed by atoms with E-state index in [1.54, 1.807) is 7.11 Å². The van der Waals surface area contributed by atoms with Gasteiger partial charge in [0.15, 0.2) is 0 Å². The first-order chi connectivity index (χ1) is 9.13. The van der Waals surface area contributed by atoms with Crippen molar-refractivity contribution in [3.05, 3.63) is 35.4 Å². The molecule has 0 saturated carbocycles. The fourth-order valence-corrected chi connectivity index (χ4v) is 1.56. The van der Waals surface area contributed by atoms with Gasteiger partial charge in [-0.1, -0.05) is 29.8 Å². The Morgan fingerprint density at radius 1 is 1.35 bits per heavy atom. The molecule has 6 heteroatoms. The minimum atomic E-state index is -0.677. The monoisotopic (exact) mass is 302 g/mol. The van der Waals surface area contributed by atoms with Crippen LogP contribution in [0.25, 0.3) is 0 Å². The highest BCUT2D eigenvalue weighted by molar-refractivity contribution is 5.85. The summed E-state index contributed by atoms with van der Waals surface area (Å²) in [6, 6.07) is 7.60. The van der Waals surface area contributed by atoms with Crippen LogP contribution in [0.5, 0.6) is 0 Å². The number of benzene rings is 1. The van der Waals surface area contributed by atoms with E-state index in [2.05, 4.69) is 10.6 Å². The van der Waals surface area contributed by atoms with Crippen LogP contribution in [0.1, 0.15) is 17.2 Å². The highest BCUT2D eigenvalue weighted by Crippen LogP contribution is 2.12. The van der Waals surface area contributed by atoms with Gasteiger partial charge in [-0.25, -0.2) is 0 Å². The lowest BCUT2D eigenvalue weighted by molar-refractivity contribution is -0.120. The summed E-state index contributed by atoms with van der Waals surface area (Å²) in [6.07, 6.45) is -0.677. The highest BCUT2D eigenvalue weighted by Gasteiger charge is 2.08. The van der Waals surface area contributed by atoms with Crippen molar-refractivity contribution in [3.63, 3.8) is 0 Å². The molecule has 1 rings (SSSR count). The lowest BCUT2D eigenvalue weighted by Gasteiger charge is -2.12. The molecule has 1 unspecified atom stereocenters. The number of aliphatic hydroxyl groups excluding tert-OH is 1. The van der Waals surface area contributed by atoms with Gasteiger partial charge >= 0.3 is 0 Å². The molecule has 0 radical (unpaired) electrons. The molecule has 1 aromatic rings. The predicted octanol–water partition coefficient (Wildman–Crippen LogP) is 0.802. The first-order valence-corrected chi connectivity index (χ1v) is 6.34. The molecule has 0 heterocycles. The summed E-state index contributed by atoms with van der Waals surface area (Å²) in [5, 5.41) is 15.5. The SMILES string of the molecule is COCCNCC(=O)NCC(O)c1ccc(C)cc1.Cl. The normalized spacial score (nSPS) is 11.6. The van der Waals surface area contributed by atoms with Crippen molar-refractivity contribution in [1.29, 1.82) is 0 Å². The van der Waals surface area contributed by atoms with Gasteiger partial charge < -0.3 is 20.5 Å². The van der Waals surface area contributed by atoms with Crippen LogP contribution in [0, 0.1) is 6.92 Å². The second-order valence-corrected chi connectivity index (χ2v) is 4.40. The average Bonchev–Trinajstić information content (AvgIpc) is 2.42. The van der Waals surface area contributed by atoms with Crippen LogP contribution in [-0.2, 0) is 9.53 Å². The largest absolute Gasteiger partial charge is 0.387 e. The van der Waals surface area contributed by atoms with Crippen LogP contribution in [0.2, 0.25) is 0 Å². The smallest absolute Gasteiger partial charge is 0.234 e. The molecule has 0 spiro atoms. The Morgan fingerprint density at radius 2 is 2.00 bits per heavy atom. The van der Waals surface area contributed by atoms with Crippen molar-refractivity contribution in [1.82, 2.24) is 10.6 Å². The van der Waals surface area contributed by atoms with Crippen molar-refractivity contribution < 1.29 is 14.6 Å². The third-order valence-electron chi connectivity index (χ3n) is 2.72. The molecule has 1 atom stereocenters. The lowest BCUT2D eigenvalue weighted by atomic mass is 10.1. The molecule has 0 aliphatic rings. The van der Waals surface area contributed by atoms with Gasteiger partial charge in [-0.2, -0.15) is 0 Å². The molecule has 0 aliphatic heterocycles. The van der Waals surface area contributed by atoms with Crippen LogP contribution in [0.15, 0.2) is 24.3 Å². The Hall–Kier alpha value is -1.14. The summed E-state index contributed by atoms with van der Waals surface area (Å²) in [5.41, 5.74) is 1.94. The van der Waals surface area contributed by atoms with Gasteiger partial charge in [0.2, 0.25) is 5.91 Å². The van der Waals surface area contributed by atoms with E-state index in [4.69, 9.17) is 4.74 Å². The Balaban J connectivity index is 0.00000361. The molecule has 0 fully saturated rings. The van der Waals surface area contributed by atoms with Crippen molar-refractivity contribution in [3.8, 4) is 0 Å². The van der Waals surface area contributed by atoms with E-state index in [9.17, 15) is 9.90 Å². The number of halogens is 1. The molecule has 1 amide bonds. The van der Waals surface area contributed by atoms with Crippen molar-refractivity contribution in [2.75, 3.05) is 33.4 Å². The van der Waals surface area contributed by atoms with Gasteiger partial charge in [-0.05, 0) is 12.5 Å². The van der Waals surface area contributed by atoms with Crippen molar-refractivity contribution >= 4 is 18.3 Å². The Kier molecular flexibility index (Phi) is 10.0. The number of aliphatic hydroxyl groups is 1. The van der Waals surface area contributed by atoms with Gasteiger partial charge in [-0.3, -0.25) is 4.79 Å². The molecule has 0 bridgehead atoms. The molecule has 0 aromatic heterocycles. The molecule has 20 heavy (non-hydrogen) atoms. The van der Waals surface area contributed by atoms with Crippen molar-refractivity contribution in [2.45, 2.75) is 13.0 Å². The number of ether oxygens (including phenoxy) is 1. The third kappa shape index (κ3) is 7.45. The summed E-state index contributed by atoms with van der Waals surface area (Å²) in [4.78, 5) is 11.5. The maximum Gasteiger partial charge on any atom is 0.234 e. The van der Waals surface area contributed by atoms with Gasteiger partial charge in [0, 0.05) is 20.2 Å². The molecule has 0 aliphatic carbocycles. The van der Waals surface area contributed by atoms with Crippen molar-refractivity contribution in [2.24, 2.45) is 0 Å². The zero-order valence-corrected chi connectivity index (χ0v) is 12.7. The molecule has 114 valence electrons. The van der Waals surface area contributed by atoms with E-state index in [-0.39, 0.29) is 31.4 Å². The number of hydrogen-bond acceptors (Lipinski definition) is 4. The maximum atomic E-state index is 11.5. The van der Waals surface area contributed by atoms with Crippen LogP contribution < -0.4 is 10.6 Å². The molecule has 3 N–H and O–H groups in total.